The van der Waals surface area contributed by atoms with Crippen LogP contribution in [0.25, 0.3) is 10.9 Å². The Balaban J connectivity index is 1.73. The molecule has 0 saturated heterocycles. The molecule has 0 aliphatic carbocycles. The third-order valence-corrected chi connectivity index (χ3v) is 5.76. The lowest BCUT2D eigenvalue weighted by molar-refractivity contribution is -0.137. The van der Waals surface area contributed by atoms with E-state index in [4.69, 9.17) is 11.6 Å². The Labute approximate surface area is 158 Å². The van der Waals surface area contributed by atoms with Crippen molar-refractivity contribution in [1.29, 1.82) is 0 Å². The highest BCUT2D eigenvalue weighted by atomic mass is 35.5. The highest BCUT2D eigenvalue weighted by Gasteiger charge is 2.31. The first-order valence-electron chi connectivity index (χ1n) is 8.05. The maximum absolute atomic E-state index is 12.9. The number of fused-ring (bicyclic) bond motifs is 2. The van der Waals surface area contributed by atoms with Crippen molar-refractivity contribution in [2.45, 2.75) is 17.6 Å². The number of halogens is 4. The summed E-state index contributed by atoms with van der Waals surface area (Å²) in [5.41, 5.74) is 0.952. The molecule has 0 radical (unpaired) electrons. The highest BCUT2D eigenvalue weighted by molar-refractivity contribution is 7.99. The maximum atomic E-state index is 12.9. The summed E-state index contributed by atoms with van der Waals surface area (Å²) in [7, 11) is 0. The second kappa shape index (κ2) is 6.67. The standard InChI is InChI=1S/C19H14ClF3N2S/c20-15-10-18(24-16-6-5-13(9-14(15)16)19(21,22)23)25-7-8-26-17-4-2-1-3-12(17)11-25/h1-6,9-10H,7-8,11H2. The van der Waals surface area contributed by atoms with Crippen molar-refractivity contribution in [2.75, 3.05) is 17.2 Å². The largest absolute Gasteiger partial charge is 0.416 e. The van der Waals surface area contributed by atoms with Crippen LogP contribution in [0.1, 0.15) is 11.1 Å². The van der Waals surface area contributed by atoms with E-state index >= 15 is 0 Å². The van der Waals surface area contributed by atoms with Crippen molar-refractivity contribution in [2.24, 2.45) is 0 Å². The first kappa shape index (κ1) is 17.5. The minimum Gasteiger partial charge on any atom is -0.351 e. The Hall–Kier alpha value is -1.92. The van der Waals surface area contributed by atoms with Crippen molar-refractivity contribution in [3.63, 3.8) is 0 Å². The molecule has 3 aromatic rings. The molecule has 0 atom stereocenters. The lowest BCUT2D eigenvalue weighted by atomic mass is 10.1. The van der Waals surface area contributed by atoms with Crippen molar-refractivity contribution >= 4 is 40.1 Å². The number of pyridine rings is 1. The van der Waals surface area contributed by atoms with Crippen LogP contribution in [0.15, 0.2) is 53.4 Å². The summed E-state index contributed by atoms with van der Waals surface area (Å²) >= 11 is 8.10. The molecule has 1 aliphatic rings. The Morgan fingerprint density at radius 1 is 1.08 bits per heavy atom. The number of hydrogen-bond donors (Lipinski definition) is 0. The minimum absolute atomic E-state index is 0.279. The van der Waals surface area contributed by atoms with E-state index in [1.165, 1.54) is 16.5 Å². The summed E-state index contributed by atoms with van der Waals surface area (Å²) in [5, 5.41) is 0.594. The van der Waals surface area contributed by atoms with Crippen LogP contribution in [0.4, 0.5) is 19.0 Å². The van der Waals surface area contributed by atoms with E-state index in [0.717, 1.165) is 24.4 Å². The molecule has 0 bridgehead atoms. The zero-order valence-electron chi connectivity index (χ0n) is 13.6. The third-order valence-electron chi connectivity index (χ3n) is 4.35. The molecular formula is C19H14ClF3N2S. The first-order chi connectivity index (χ1) is 12.4. The van der Waals surface area contributed by atoms with Crippen LogP contribution in [0, 0.1) is 0 Å². The molecule has 0 amide bonds. The first-order valence-corrected chi connectivity index (χ1v) is 9.41. The van der Waals surface area contributed by atoms with Crippen LogP contribution < -0.4 is 4.90 Å². The van der Waals surface area contributed by atoms with Crippen molar-refractivity contribution in [1.82, 2.24) is 4.98 Å². The van der Waals surface area contributed by atoms with Crippen LogP contribution in [0.3, 0.4) is 0 Å². The van der Waals surface area contributed by atoms with Crippen molar-refractivity contribution < 1.29 is 13.2 Å². The number of nitrogens with zero attached hydrogens (tertiary/aromatic N) is 2. The SMILES string of the molecule is FC(F)(F)c1ccc2nc(N3CCSc4ccccc4C3)cc(Cl)c2c1. The number of thioether (sulfide) groups is 1. The molecule has 0 spiro atoms. The predicted octanol–water partition coefficient (Wildman–Crippen LogP) is 6.02. The fraction of sp³-hybridized carbons (Fsp3) is 0.211. The van der Waals surface area contributed by atoms with Crippen LogP contribution in [0.5, 0.6) is 0 Å². The van der Waals surface area contributed by atoms with Crippen LogP contribution in [0.2, 0.25) is 5.02 Å². The van der Waals surface area contributed by atoms with Gasteiger partial charge in [0.2, 0.25) is 0 Å². The fourth-order valence-corrected chi connectivity index (χ4v) is 4.30. The molecule has 2 aromatic carbocycles. The third kappa shape index (κ3) is 3.35. The normalized spacial score (nSPS) is 15.0. The average Bonchev–Trinajstić information content (AvgIpc) is 2.83. The van der Waals surface area contributed by atoms with Gasteiger partial charge in [0.05, 0.1) is 16.1 Å². The number of aromatic nitrogens is 1. The molecule has 2 nitrogen and oxygen atoms in total. The number of alkyl halides is 3. The van der Waals surface area contributed by atoms with E-state index in [1.807, 2.05) is 12.1 Å². The zero-order chi connectivity index (χ0) is 18.3. The molecule has 134 valence electrons. The molecule has 0 saturated carbocycles. The maximum Gasteiger partial charge on any atom is 0.416 e. The number of rotatable bonds is 1. The lowest BCUT2D eigenvalue weighted by Crippen LogP contribution is -2.24. The van der Waals surface area contributed by atoms with Gasteiger partial charge in [-0.3, -0.25) is 0 Å². The summed E-state index contributed by atoms with van der Waals surface area (Å²) in [5.74, 6) is 1.58. The highest BCUT2D eigenvalue weighted by Crippen LogP contribution is 2.35. The Morgan fingerprint density at radius 2 is 1.88 bits per heavy atom. The Kier molecular flexibility index (Phi) is 4.49. The van der Waals surface area contributed by atoms with Gasteiger partial charge < -0.3 is 4.90 Å². The predicted molar refractivity (Wildman–Crippen MR) is 100.0 cm³/mol. The second-order valence-corrected chi connectivity index (χ2v) is 7.61. The topological polar surface area (TPSA) is 16.1 Å². The van der Waals surface area contributed by atoms with Crippen LogP contribution in [-0.2, 0) is 12.7 Å². The van der Waals surface area contributed by atoms with Crippen LogP contribution >= 0.6 is 23.4 Å². The van der Waals surface area contributed by atoms with E-state index in [2.05, 4.69) is 22.0 Å². The summed E-state index contributed by atoms with van der Waals surface area (Å²) in [6, 6.07) is 13.3. The molecule has 2 heterocycles. The molecule has 0 N–H and O–H groups in total. The zero-order valence-corrected chi connectivity index (χ0v) is 15.1. The van der Waals surface area contributed by atoms with Gasteiger partial charge in [-0.2, -0.15) is 13.2 Å². The number of anilines is 1. The molecular weight excluding hydrogens is 381 g/mol. The number of benzene rings is 2. The monoisotopic (exact) mass is 394 g/mol. The van der Waals surface area contributed by atoms with Gasteiger partial charge in [0.15, 0.2) is 0 Å². The quantitative estimate of drug-likeness (QED) is 0.502. The van der Waals surface area contributed by atoms with Gasteiger partial charge >= 0.3 is 6.18 Å². The summed E-state index contributed by atoms with van der Waals surface area (Å²) in [6.45, 7) is 1.48. The fourth-order valence-electron chi connectivity index (χ4n) is 3.03. The smallest absolute Gasteiger partial charge is 0.351 e. The lowest BCUT2D eigenvalue weighted by Gasteiger charge is -2.22. The summed E-state index contributed by atoms with van der Waals surface area (Å²) in [6.07, 6.45) is -4.40. The van der Waals surface area contributed by atoms with E-state index < -0.39 is 11.7 Å². The summed E-state index contributed by atoms with van der Waals surface area (Å²) in [4.78, 5) is 7.92. The van der Waals surface area contributed by atoms with Gasteiger partial charge in [-0.05, 0) is 35.9 Å². The van der Waals surface area contributed by atoms with E-state index in [-0.39, 0.29) is 5.02 Å². The molecule has 4 rings (SSSR count). The average molecular weight is 395 g/mol. The van der Waals surface area contributed by atoms with Gasteiger partial charge in [-0.25, -0.2) is 4.98 Å². The Bertz CT molecular complexity index is 975. The van der Waals surface area contributed by atoms with Crippen LogP contribution in [-0.4, -0.2) is 17.3 Å². The minimum atomic E-state index is -4.40. The molecule has 0 fully saturated rings. The van der Waals surface area contributed by atoms with Crippen molar-refractivity contribution in [3.8, 4) is 0 Å². The molecule has 0 unspecified atom stereocenters. The van der Waals surface area contributed by atoms with Crippen molar-refractivity contribution in [3.05, 3.63) is 64.7 Å². The number of hydrogen-bond acceptors (Lipinski definition) is 3. The Morgan fingerprint density at radius 3 is 2.69 bits per heavy atom. The van der Waals surface area contributed by atoms with Gasteiger partial charge in [-0.1, -0.05) is 29.8 Å². The van der Waals surface area contributed by atoms with Gasteiger partial charge in [-0.15, -0.1) is 11.8 Å². The van der Waals surface area contributed by atoms with Gasteiger partial charge in [0, 0.05) is 29.1 Å². The summed E-state index contributed by atoms with van der Waals surface area (Å²) < 4.78 is 38.8. The van der Waals surface area contributed by atoms with E-state index in [9.17, 15) is 13.2 Å². The second-order valence-electron chi connectivity index (χ2n) is 6.07. The van der Waals surface area contributed by atoms with Gasteiger partial charge in [0.25, 0.3) is 0 Å². The van der Waals surface area contributed by atoms with Gasteiger partial charge in [0.1, 0.15) is 5.82 Å². The van der Waals surface area contributed by atoms with E-state index in [0.29, 0.717) is 23.3 Å². The molecule has 26 heavy (non-hydrogen) atoms. The molecule has 1 aliphatic heterocycles. The molecule has 7 heteroatoms. The van der Waals surface area contributed by atoms with E-state index in [1.54, 1.807) is 17.8 Å². The molecule has 1 aromatic heterocycles.